The summed E-state index contributed by atoms with van der Waals surface area (Å²) in [7, 11) is 4.75. The van der Waals surface area contributed by atoms with Gasteiger partial charge in [0.1, 0.15) is 0 Å². The predicted molar refractivity (Wildman–Crippen MR) is 150 cm³/mol. The number of ether oxygens (including phenoxy) is 2. The molecule has 2 aromatic carbocycles. The molecular formula is C29H42N4O5. The molecule has 0 atom stereocenters. The topological polar surface area (TPSA) is 100 Å². The van der Waals surface area contributed by atoms with Gasteiger partial charge in [-0.1, -0.05) is 62.2 Å². The Balaban J connectivity index is 0.000000377. The molecule has 0 aromatic heterocycles. The number of rotatable bonds is 11. The zero-order valence-corrected chi connectivity index (χ0v) is 23.3. The predicted octanol–water partition coefficient (Wildman–Crippen LogP) is 4.46. The first kappa shape index (κ1) is 30.8. The molecule has 0 aliphatic carbocycles. The second-order valence-electron chi connectivity index (χ2n) is 9.29. The molecular weight excluding hydrogens is 484 g/mol. The van der Waals surface area contributed by atoms with Gasteiger partial charge in [0.2, 0.25) is 0 Å². The van der Waals surface area contributed by atoms with Crippen molar-refractivity contribution < 1.29 is 23.9 Å². The maximum atomic E-state index is 12.3. The number of nitrogens with one attached hydrogen (secondary N) is 2. The number of aryl methyl sites for hydroxylation is 1. The van der Waals surface area contributed by atoms with E-state index in [1.807, 2.05) is 0 Å². The van der Waals surface area contributed by atoms with Gasteiger partial charge in [-0.3, -0.25) is 0 Å². The van der Waals surface area contributed by atoms with Gasteiger partial charge in [0, 0.05) is 13.7 Å². The summed E-state index contributed by atoms with van der Waals surface area (Å²) >= 11 is 0. The van der Waals surface area contributed by atoms with Crippen molar-refractivity contribution in [1.29, 1.82) is 0 Å². The smallest absolute Gasteiger partial charge is 0.337 e. The van der Waals surface area contributed by atoms with E-state index < -0.39 is 18.0 Å². The number of imide groups is 1. The Labute approximate surface area is 226 Å². The molecule has 38 heavy (non-hydrogen) atoms. The summed E-state index contributed by atoms with van der Waals surface area (Å²) in [6.45, 7) is 6.56. The van der Waals surface area contributed by atoms with Crippen molar-refractivity contribution in [2.75, 3.05) is 54.1 Å². The summed E-state index contributed by atoms with van der Waals surface area (Å²) in [5.74, 6) is -0.603. The molecule has 0 radical (unpaired) electrons. The fourth-order valence-electron chi connectivity index (χ4n) is 4.11. The van der Waals surface area contributed by atoms with Crippen LogP contribution in [0.15, 0.2) is 53.7 Å². The molecule has 0 saturated heterocycles. The van der Waals surface area contributed by atoms with E-state index in [0.717, 1.165) is 24.4 Å². The number of esters is 1. The molecule has 0 unspecified atom stereocenters. The van der Waals surface area contributed by atoms with Crippen molar-refractivity contribution in [2.45, 2.75) is 39.5 Å². The van der Waals surface area contributed by atoms with Crippen LogP contribution < -0.4 is 10.6 Å². The molecule has 4 amide bonds. The average molecular weight is 527 g/mol. The third kappa shape index (κ3) is 9.46. The van der Waals surface area contributed by atoms with Crippen LogP contribution in [0.1, 0.15) is 38.2 Å². The van der Waals surface area contributed by atoms with E-state index in [4.69, 9.17) is 9.47 Å². The summed E-state index contributed by atoms with van der Waals surface area (Å²) in [5, 5.41) is 7.93. The summed E-state index contributed by atoms with van der Waals surface area (Å²) in [6, 6.07) is 13.7. The number of methoxy groups -OCH3 is 2. The Bertz CT molecular complexity index is 1100. The Kier molecular flexibility index (Phi) is 13.3. The van der Waals surface area contributed by atoms with E-state index in [2.05, 4.69) is 78.9 Å². The Morgan fingerprint density at radius 1 is 1.05 bits per heavy atom. The van der Waals surface area contributed by atoms with Gasteiger partial charge >= 0.3 is 18.0 Å². The first-order valence-corrected chi connectivity index (χ1v) is 13.1. The molecule has 1 heterocycles. The van der Waals surface area contributed by atoms with Crippen LogP contribution in [0.3, 0.4) is 0 Å². The first-order chi connectivity index (χ1) is 18.3. The van der Waals surface area contributed by atoms with Crippen LogP contribution in [0.2, 0.25) is 0 Å². The van der Waals surface area contributed by atoms with Gasteiger partial charge in [-0.25, -0.2) is 19.3 Å². The van der Waals surface area contributed by atoms with Crippen LogP contribution in [0.5, 0.6) is 0 Å². The molecule has 9 heteroatoms. The minimum Gasteiger partial charge on any atom is -0.466 e. The van der Waals surface area contributed by atoms with Gasteiger partial charge in [-0.2, -0.15) is 0 Å². The number of hydrogen-bond acceptors (Lipinski definition) is 6. The standard InChI is InChI=1S/C18H32N4O5.C11H10/c1-5-6-7-10-21(2)11-8-9-19-17(24)22-12-14(16(23)27-4)15(13-26-3)20-18(22)25;1-9-5-4-7-10-6-2-3-8-11(9)10/h5-13H2,1-4H3,(H,19,24)(H,20,25);2-8H,1H3. The zero-order valence-electron chi connectivity index (χ0n) is 23.3. The number of carbonyl (C=O) groups is 3. The quantitative estimate of drug-likeness (QED) is 0.331. The summed E-state index contributed by atoms with van der Waals surface area (Å²) in [5.41, 5.74) is 1.86. The molecule has 0 spiro atoms. The van der Waals surface area contributed by atoms with E-state index in [0.29, 0.717) is 12.2 Å². The Hall–Kier alpha value is -3.43. The lowest BCUT2D eigenvalue weighted by Crippen LogP contribution is -2.53. The van der Waals surface area contributed by atoms with E-state index in [1.54, 1.807) is 0 Å². The number of fused-ring (bicyclic) bond motifs is 1. The molecule has 0 fully saturated rings. The van der Waals surface area contributed by atoms with Crippen LogP contribution in [0.25, 0.3) is 10.8 Å². The highest BCUT2D eigenvalue weighted by Crippen LogP contribution is 2.17. The summed E-state index contributed by atoms with van der Waals surface area (Å²) in [4.78, 5) is 39.6. The molecule has 3 rings (SSSR count). The minimum absolute atomic E-state index is 0.0516. The lowest BCUT2D eigenvalue weighted by atomic mass is 10.1. The van der Waals surface area contributed by atoms with E-state index in [9.17, 15) is 14.4 Å². The fraction of sp³-hybridized carbons (Fsp3) is 0.483. The molecule has 1 aliphatic rings. The monoisotopic (exact) mass is 526 g/mol. The van der Waals surface area contributed by atoms with Crippen molar-refractivity contribution >= 4 is 28.8 Å². The van der Waals surface area contributed by atoms with Crippen LogP contribution in [-0.4, -0.2) is 81.9 Å². The van der Waals surface area contributed by atoms with Crippen LogP contribution in [0.4, 0.5) is 9.59 Å². The molecule has 2 aromatic rings. The maximum absolute atomic E-state index is 12.3. The van der Waals surface area contributed by atoms with Gasteiger partial charge in [0.05, 0.1) is 31.5 Å². The van der Waals surface area contributed by atoms with Crippen molar-refractivity contribution in [2.24, 2.45) is 0 Å². The number of amides is 4. The van der Waals surface area contributed by atoms with Crippen LogP contribution in [-0.2, 0) is 14.3 Å². The number of benzene rings is 2. The lowest BCUT2D eigenvalue weighted by molar-refractivity contribution is -0.136. The third-order valence-electron chi connectivity index (χ3n) is 6.29. The van der Waals surface area contributed by atoms with Gasteiger partial charge in [0.15, 0.2) is 0 Å². The highest BCUT2D eigenvalue weighted by atomic mass is 16.5. The molecule has 9 nitrogen and oxygen atoms in total. The SMILES string of the molecule is CCCCCN(C)CCCNC(=O)N1CC(C(=O)OC)=C(COC)NC1=O.Cc1cccc2ccccc12. The van der Waals surface area contributed by atoms with Crippen molar-refractivity contribution in [1.82, 2.24) is 20.4 Å². The highest BCUT2D eigenvalue weighted by Gasteiger charge is 2.32. The fourth-order valence-corrected chi connectivity index (χ4v) is 4.11. The minimum atomic E-state index is -0.603. The molecule has 1 aliphatic heterocycles. The number of carbonyl (C=O) groups excluding carboxylic acids is 3. The van der Waals surface area contributed by atoms with E-state index >= 15 is 0 Å². The largest absolute Gasteiger partial charge is 0.466 e. The number of nitrogens with zero attached hydrogens (tertiary/aromatic N) is 2. The third-order valence-corrected chi connectivity index (χ3v) is 6.29. The summed E-state index contributed by atoms with van der Waals surface area (Å²) in [6.07, 6.45) is 4.35. The molecule has 0 saturated carbocycles. The second-order valence-corrected chi connectivity index (χ2v) is 9.29. The van der Waals surface area contributed by atoms with Crippen LogP contribution in [0, 0.1) is 6.92 Å². The van der Waals surface area contributed by atoms with Crippen molar-refractivity contribution in [3.63, 3.8) is 0 Å². The number of urea groups is 2. The van der Waals surface area contributed by atoms with Gasteiger partial charge in [-0.15, -0.1) is 0 Å². The average Bonchev–Trinajstić information content (AvgIpc) is 2.92. The highest BCUT2D eigenvalue weighted by molar-refractivity contribution is 6.00. The Morgan fingerprint density at radius 3 is 2.45 bits per heavy atom. The van der Waals surface area contributed by atoms with Crippen LogP contribution >= 0.6 is 0 Å². The van der Waals surface area contributed by atoms with E-state index in [-0.39, 0.29) is 18.7 Å². The number of unbranched alkanes of at least 4 members (excludes halogenated alkanes) is 2. The molecule has 208 valence electrons. The first-order valence-electron chi connectivity index (χ1n) is 13.1. The van der Waals surface area contributed by atoms with E-state index in [1.165, 1.54) is 49.8 Å². The Morgan fingerprint density at radius 2 is 1.76 bits per heavy atom. The maximum Gasteiger partial charge on any atom is 0.337 e. The lowest BCUT2D eigenvalue weighted by Gasteiger charge is -2.29. The van der Waals surface area contributed by atoms with Gasteiger partial charge in [-0.05, 0) is 56.2 Å². The molecule has 0 bridgehead atoms. The zero-order chi connectivity index (χ0) is 27.9. The van der Waals surface area contributed by atoms with Gasteiger partial charge < -0.3 is 25.0 Å². The normalized spacial score (nSPS) is 13.2. The van der Waals surface area contributed by atoms with Crippen molar-refractivity contribution in [3.05, 3.63) is 59.3 Å². The second kappa shape index (κ2) is 16.4. The van der Waals surface area contributed by atoms with Crippen molar-refractivity contribution in [3.8, 4) is 0 Å². The van der Waals surface area contributed by atoms with Gasteiger partial charge in [0.25, 0.3) is 0 Å². The number of hydrogen-bond donors (Lipinski definition) is 2. The molecule has 2 N–H and O–H groups in total. The summed E-state index contributed by atoms with van der Waals surface area (Å²) < 4.78 is 9.71.